The average Bonchev–Trinajstić information content (AvgIpc) is 3.42. The zero-order chi connectivity index (χ0) is 30.3. The number of anilines is 2. The minimum absolute atomic E-state index is 0.0442. The third kappa shape index (κ3) is 6.06. The number of nitrogens with zero attached hydrogens (tertiary/aromatic N) is 4. The molecule has 15 heteroatoms. The number of fused-ring (bicyclic) bond motifs is 1. The van der Waals surface area contributed by atoms with E-state index in [9.17, 15) is 28.1 Å². The highest BCUT2D eigenvalue weighted by Crippen LogP contribution is 2.47. The van der Waals surface area contributed by atoms with E-state index in [0.717, 1.165) is 6.20 Å². The zero-order valence-corrected chi connectivity index (χ0v) is 25.1. The molecule has 2 aromatic rings. The normalized spacial score (nSPS) is 23.9. The first kappa shape index (κ1) is 30.8. The first-order valence-corrected chi connectivity index (χ1v) is 15.3. The molecule has 0 unspecified atom stereocenters. The van der Waals surface area contributed by atoms with Crippen molar-refractivity contribution < 1.29 is 22.8 Å². The van der Waals surface area contributed by atoms with E-state index in [4.69, 9.17) is 28.9 Å². The number of amides is 3. The van der Waals surface area contributed by atoms with Gasteiger partial charge in [-0.05, 0) is 77.0 Å². The summed E-state index contributed by atoms with van der Waals surface area (Å²) in [5.74, 6) is -1.89. The van der Waals surface area contributed by atoms with Crippen molar-refractivity contribution in [3.05, 3.63) is 34.4 Å². The summed E-state index contributed by atoms with van der Waals surface area (Å²) in [7, 11) is -4.41. The second kappa shape index (κ2) is 11.6. The number of nitrogens with two attached hydrogens (primary N) is 1. The Morgan fingerprint density at radius 2 is 1.78 bits per heavy atom. The van der Waals surface area contributed by atoms with Gasteiger partial charge in [-0.25, -0.2) is 18.3 Å². The van der Waals surface area contributed by atoms with Crippen molar-refractivity contribution in [2.45, 2.75) is 75.5 Å². The van der Waals surface area contributed by atoms with Gasteiger partial charge < -0.3 is 11.1 Å². The van der Waals surface area contributed by atoms with Crippen LogP contribution in [0.4, 0.5) is 11.6 Å². The van der Waals surface area contributed by atoms with Crippen molar-refractivity contribution in [1.82, 2.24) is 19.6 Å². The highest BCUT2D eigenvalue weighted by Gasteiger charge is 2.53. The first-order chi connectivity index (χ1) is 19.2. The van der Waals surface area contributed by atoms with E-state index in [2.05, 4.69) is 21.1 Å². The van der Waals surface area contributed by atoms with E-state index < -0.39 is 45.4 Å². The summed E-state index contributed by atoms with van der Waals surface area (Å²) in [5, 5.41) is 11.9. The fourth-order valence-electron chi connectivity index (χ4n) is 5.46. The van der Waals surface area contributed by atoms with Crippen LogP contribution in [-0.4, -0.2) is 47.8 Å². The molecule has 1 saturated carbocycles. The second-order valence-corrected chi connectivity index (χ2v) is 13.3. The Morgan fingerprint density at radius 3 is 2.34 bits per heavy atom. The number of benzene rings is 1. The summed E-state index contributed by atoms with van der Waals surface area (Å²) in [6, 6.07) is 4.59. The molecule has 1 aromatic heterocycles. The van der Waals surface area contributed by atoms with Crippen molar-refractivity contribution in [1.29, 1.82) is 5.26 Å². The number of imidazole rings is 1. The molecule has 2 heterocycles. The number of nitriles is 1. The van der Waals surface area contributed by atoms with Gasteiger partial charge in [0.1, 0.15) is 11.6 Å². The molecular weight excluding hydrogens is 593 g/mol. The van der Waals surface area contributed by atoms with Gasteiger partial charge in [0.05, 0.1) is 24.0 Å². The summed E-state index contributed by atoms with van der Waals surface area (Å²) >= 11 is 12.5. The van der Waals surface area contributed by atoms with Crippen molar-refractivity contribution >= 4 is 62.6 Å². The molecule has 0 saturated heterocycles. The van der Waals surface area contributed by atoms with Gasteiger partial charge in [0.2, 0.25) is 17.8 Å². The summed E-state index contributed by atoms with van der Waals surface area (Å²) in [4.78, 5) is 43.7. The van der Waals surface area contributed by atoms with Crippen LogP contribution in [0, 0.1) is 23.2 Å². The zero-order valence-electron chi connectivity index (χ0n) is 22.7. The van der Waals surface area contributed by atoms with Crippen LogP contribution in [0.1, 0.15) is 52.9 Å². The fourth-order valence-corrected chi connectivity index (χ4v) is 7.38. The Morgan fingerprint density at radius 1 is 1.17 bits per heavy atom. The summed E-state index contributed by atoms with van der Waals surface area (Å²) in [6.07, 6.45) is 4.24. The van der Waals surface area contributed by atoms with Crippen molar-refractivity contribution in [2.75, 3.05) is 4.90 Å². The van der Waals surface area contributed by atoms with Gasteiger partial charge >= 0.3 is 0 Å². The van der Waals surface area contributed by atoms with Gasteiger partial charge in [0, 0.05) is 16.0 Å². The molecule has 0 bridgehead atoms. The van der Waals surface area contributed by atoms with Crippen LogP contribution in [0.25, 0.3) is 0 Å². The molecule has 1 aliphatic carbocycles. The lowest BCUT2D eigenvalue weighted by Crippen LogP contribution is -2.51. The lowest BCUT2D eigenvalue weighted by atomic mass is 9.76. The quantitative estimate of drug-likeness (QED) is 0.384. The van der Waals surface area contributed by atoms with Crippen molar-refractivity contribution in [3.8, 4) is 6.07 Å². The number of carbonyl (C=O) groups is 3. The molecule has 0 spiro atoms. The number of carbonyl (C=O) groups excluding carboxylic acids is 3. The predicted octanol–water partition coefficient (Wildman–Crippen LogP) is 2.96. The van der Waals surface area contributed by atoms with Crippen LogP contribution in [-0.2, 0) is 29.9 Å². The number of aromatic nitrogens is 2. The standard InChI is InChI=1S/C26H31Cl2N7O5S/c1-14(22(30)36)32-23(37)15(2)33-41(39,40)21-13-31-25-34(20-9-18(27)8-19(28)10-20)24(38)26(3,35(21)25)11-16-4-6-17(12-29)7-5-16/h8-10,13-17,33H,4-7,11H2,1-3H3,(H2,30,36)(H,32,37)/t14-,15+,16?,17?,26-/m1/s1. The highest BCUT2D eigenvalue weighted by molar-refractivity contribution is 7.89. The van der Waals surface area contributed by atoms with E-state index in [1.807, 2.05) is 0 Å². The lowest BCUT2D eigenvalue weighted by molar-refractivity contribution is -0.127. The topological polar surface area (TPSA) is 180 Å². The molecule has 4 rings (SSSR count). The number of primary amides is 1. The molecule has 2 aliphatic rings. The largest absolute Gasteiger partial charge is 0.368 e. The Hall–Kier alpha value is -3.18. The van der Waals surface area contributed by atoms with Crippen LogP contribution < -0.4 is 20.7 Å². The predicted molar refractivity (Wildman–Crippen MR) is 152 cm³/mol. The van der Waals surface area contributed by atoms with Crippen LogP contribution >= 0.6 is 23.2 Å². The van der Waals surface area contributed by atoms with Gasteiger partial charge in [-0.3, -0.25) is 19.0 Å². The molecule has 0 radical (unpaired) electrons. The van der Waals surface area contributed by atoms with E-state index in [1.165, 1.54) is 41.5 Å². The number of halogens is 2. The molecule has 1 aromatic carbocycles. The molecule has 4 N–H and O–H groups in total. The van der Waals surface area contributed by atoms with Gasteiger partial charge in [0.15, 0.2) is 5.03 Å². The van der Waals surface area contributed by atoms with E-state index in [-0.39, 0.29) is 32.9 Å². The van der Waals surface area contributed by atoms with Gasteiger partial charge in [-0.2, -0.15) is 9.98 Å². The number of sulfonamides is 1. The van der Waals surface area contributed by atoms with Crippen LogP contribution in [0.5, 0.6) is 0 Å². The van der Waals surface area contributed by atoms with Crippen molar-refractivity contribution in [3.63, 3.8) is 0 Å². The maximum atomic E-state index is 14.2. The Kier molecular flexibility index (Phi) is 8.71. The maximum Gasteiger partial charge on any atom is 0.260 e. The molecule has 1 fully saturated rings. The second-order valence-electron chi connectivity index (χ2n) is 10.8. The minimum Gasteiger partial charge on any atom is -0.368 e. The third-order valence-electron chi connectivity index (χ3n) is 7.68. The Balaban J connectivity index is 1.74. The average molecular weight is 625 g/mol. The molecule has 3 atom stereocenters. The first-order valence-electron chi connectivity index (χ1n) is 13.1. The smallest absolute Gasteiger partial charge is 0.260 e. The fraction of sp³-hybridized carbons (Fsp3) is 0.500. The highest BCUT2D eigenvalue weighted by atomic mass is 35.5. The number of rotatable bonds is 9. The number of nitrogens with one attached hydrogen (secondary N) is 2. The Labute approximate surface area is 248 Å². The third-order valence-corrected chi connectivity index (χ3v) is 9.61. The van der Waals surface area contributed by atoms with E-state index >= 15 is 0 Å². The molecular formula is C26H31Cl2N7O5S. The van der Waals surface area contributed by atoms with Gasteiger partial charge in [0.25, 0.3) is 15.9 Å². The van der Waals surface area contributed by atoms with Gasteiger partial charge in [-0.1, -0.05) is 23.2 Å². The van der Waals surface area contributed by atoms with Gasteiger partial charge in [-0.15, -0.1) is 0 Å². The molecule has 12 nitrogen and oxygen atoms in total. The number of hydrogen-bond acceptors (Lipinski definition) is 7. The van der Waals surface area contributed by atoms with E-state index in [0.29, 0.717) is 37.8 Å². The molecule has 41 heavy (non-hydrogen) atoms. The number of hydrogen-bond donors (Lipinski definition) is 3. The summed E-state index contributed by atoms with van der Waals surface area (Å²) < 4.78 is 31.0. The van der Waals surface area contributed by atoms with Crippen LogP contribution in [0.2, 0.25) is 10.0 Å². The molecule has 3 amide bonds. The lowest BCUT2D eigenvalue weighted by Gasteiger charge is -2.33. The summed E-state index contributed by atoms with van der Waals surface area (Å²) in [5.41, 5.74) is 4.14. The SMILES string of the molecule is C[C@H](NS(=O)(=O)c1cnc2n1[C@](C)(CC1CCC(C#N)CC1)C(=O)N2c1cc(Cl)cc(Cl)c1)C(=O)N[C@H](C)C(N)=O. The molecule has 1 aliphatic heterocycles. The monoisotopic (exact) mass is 623 g/mol. The van der Waals surface area contributed by atoms with Crippen molar-refractivity contribution in [2.24, 2.45) is 17.6 Å². The van der Waals surface area contributed by atoms with Crippen LogP contribution in [0.3, 0.4) is 0 Å². The maximum absolute atomic E-state index is 14.2. The Bertz CT molecular complexity index is 1510. The minimum atomic E-state index is -4.41. The molecule has 220 valence electrons. The van der Waals surface area contributed by atoms with Crippen LogP contribution in [0.15, 0.2) is 29.4 Å². The van der Waals surface area contributed by atoms with E-state index in [1.54, 1.807) is 6.92 Å². The summed E-state index contributed by atoms with van der Waals surface area (Å²) in [6.45, 7) is 4.36.